The topological polar surface area (TPSA) is 85.2 Å². The van der Waals surface area contributed by atoms with Crippen LogP contribution in [0.2, 0.25) is 0 Å². The van der Waals surface area contributed by atoms with Crippen LogP contribution < -0.4 is 10.6 Å². The Labute approximate surface area is 158 Å². The number of carbonyl (C=O) groups excluding carboxylic acids is 2. The number of anilines is 1. The summed E-state index contributed by atoms with van der Waals surface area (Å²) >= 11 is 0. The summed E-state index contributed by atoms with van der Waals surface area (Å²) in [5.41, 5.74) is -0.00286. The van der Waals surface area contributed by atoms with E-state index in [9.17, 15) is 22.8 Å². The Hall–Kier alpha value is -2.88. The first kappa shape index (κ1) is 19.9. The third kappa shape index (κ3) is 3.86. The Kier molecular flexibility index (Phi) is 5.98. The van der Waals surface area contributed by atoms with E-state index in [1.165, 1.54) is 7.11 Å². The lowest BCUT2D eigenvalue weighted by atomic mass is 10.1. The van der Waals surface area contributed by atoms with Gasteiger partial charge in [-0.15, -0.1) is 0 Å². The van der Waals surface area contributed by atoms with Gasteiger partial charge < -0.3 is 19.9 Å². The monoisotopic (exact) mass is 396 g/mol. The summed E-state index contributed by atoms with van der Waals surface area (Å²) in [6.07, 6.45) is 2.14. The standard InChI is InChI=1S/C18H19F3N4O3/c1-28-9-7-22-18(27)16-24-15(12-4-2-3-8-25(12)16)17(26)23-11-6-5-10(19)13(20)14(11)21/h5-6H,2-4,7-9H2,1H3,(H,22,27)(H,23,26). The van der Waals surface area contributed by atoms with Crippen LogP contribution in [0.1, 0.15) is 39.6 Å². The van der Waals surface area contributed by atoms with Gasteiger partial charge in [0.1, 0.15) is 0 Å². The lowest BCUT2D eigenvalue weighted by Crippen LogP contribution is -2.30. The zero-order valence-corrected chi connectivity index (χ0v) is 15.2. The van der Waals surface area contributed by atoms with Crippen molar-refractivity contribution in [1.29, 1.82) is 0 Å². The Morgan fingerprint density at radius 3 is 2.71 bits per heavy atom. The van der Waals surface area contributed by atoms with Crippen LogP contribution >= 0.6 is 0 Å². The number of methoxy groups -OCH3 is 1. The number of nitrogens with one attached hydrogen (secondary N) is 2. The molecule has 1 aliphatic rings. The van der Waals surface area contributed by atoms with E-state index in [2.05, 4.69) is 15.6 Å². The van der Waals surface area contributed by atoms with Crippen molar-refractivity contribution in [1.82, 2.24) is 14.9 Å². The minimum Gasteiger partial charge on any atom is -0.383 e. The van der Waals surface area contributed by atoms with Crippen LogP contribution in [-0.2, 0) is 17.7 Å². The van der Waals surface area contributed by atoms with Gasteiger partial charge in [-0.1, -0.05) is 0 Å². The van der Waals surface area contributed by atoms with E-state index < -0.39 is 35.0 Å². The van der Waals surface area contributed by atoms with Crippen molar-refractivity contribution in [3.8, 4) is 0 Å². The van der Waals surface area contributed by atoms with E-state index in [0.29, 0.717) is 31.3 Å². The van der Waals surface area contributed by atoms with Crippen molar-refractivity contribution in [2.45, 2.75) is 25.8 Å². The van der Waals surface area contributed by atoms with Crippen LogP contribution in [0.3, 0.4) is 0 Å². The predicted octanol–water partition coefficient (Wildman–Crippen LogP) is 2.27. The second kappa shape index (κ2) is 8.42. The van der Waals surface area contributed by atoms with Crippen molar-refractivity contribution < 1.29 is 27.5 Å². The fourth-order valence-electron chi connectivity index (χ4n) is 3.05. The number of aromatic nitrogens is 2. The molecule has 7 nitrogen and oxygen atoms in total. The molecule has 0 fully saturated rings. The van der Waals surface area contributed by atoms with Gasteiger partial charge in [-0.05, 0) is 31.4 Å². The van der Waals surface area contributed by atoms with Gasteiger partial charge in [-0.3, -0.25) is 9.59 Å². The summed E-state index contributed by atoms with van der Waals surface area (Å²) in [6, 6.07) is 1.64. The molecule has 2 N–H and O–H groups in total. The Balaban J connectivity index is 1.88. The largest absolute Gasteiger partial charge is 0.383 e. The molecule has 10 heteroatoms. The summed E-state index contributed by atoms with van der Waals surface area (Å²) in [4.78, 5) is 29.1. The molecule has 1 aromatic heterocycles. The van der Waals surface area contributed by atoms with Crippen molar-refractivity contribution in [3.05, 3.63) is 46.8 Å². The zero-order chi connectivity index (χ0) is 20.3. The van der Waals surface area contributed by atoms with Crippen LogP contribution in [0.4, 0.5) is 18.9 Å². The highest BCUT2D eigenvalue weighted by Gasteiger charge is 2.28. The molecule has 3 rings (SSSR count). The lowest BCUT2D eigenvalue weighted by molar-refractivity contribution is 0.0921. The van der Waals surface area contributed by atoms with Crippen LogP contribution in [0.25, 0.3) is 0 Å². The van der Waals surface area contributed by atoms with E-state index in [1.54, 1.807) is 4.57 Å². The average molecular weight is 396 g/mol. The van der Waals surface area contributed by atoms with Gasteiger partial charge in [0.2, 0.25) is 0 Å². The molecule has 0 saturated heterocycles. The molecule has 0 unspecified atom stereocenters. The normalized spacial score (nSPS) is 13.1. The molecule has 0 saturated carbocycles. The highest BCUT2D eigenvalue weighted by atomic mass is 19.2. The smallest absolute Gasteiger partial charge is 0.287 e. The number of ether oxygens (including phenoxy) is 1. The van der Waals surface area contributed by atoms with Gasteiger partial charge in [0, 0.05) is 20.2 Å². The van der Waals surface area contributed by atoms with E-state index in [-0.39, 0.29) is 18.1 Å². The van der Waals surface area contributed by atoms with E-state index in [4.69, 9.17) is 4.74 Å². The molecular weight excluding hydrogens is 377 g/mol. The quantitative estimate of drug-likeness (QED) is 0.580. The Morgan fingerprint density at radius 2 is 1.96 bits per heavy atom. The van der Waals surface area contributed by atoms with Crippen molar-refractivity contribution in [2.75, 3.05) is 25.6 Å². The number of amides is 2. The van der Waals surface area contributed by atoms with Crippen molar-refractivity contribution >= 4 is 17.5 Å². The third-order valence-corrected chi connectivity index (χ3v) is 4.41. The summed E-state index contributed by atoms with van der Waals surface area (Å²) < 4.78 is 46.8. The maximum Gasteiger partial charge on any atom is 0.287 e. The third-order valence-electron chi connectivity index (χ3n) is 4.41. The van der Waals surface area contributed by atoms with Crippen LogP contribution in [0, 0.1) is 17.5 Å². The molecule has 1 aromatic carbocycles. The van der Waals surface area contributed by atoms with E-state index >= 15 is 0 Å². The number of halogens is 3. The SMILES string of the molecule is COCCNC(=O)c1nc(C(=O)Nc2ccc(F)c(F)c2F)c2n1CCCC2. The number of hydrogen-bond donors (Lipinski definition) is 2. The number of fused-ring (bicyclic) bond motifs is 1. The minimum atomic E-state index is -1.68. The molecule has 0 spiro atoms. The minimum absolute atomic E-state index is 0.0410. The zero-order valence-electron chi connectivity index (χ0n) is 15.2. The maximum absolute atomic E-state index is 13.9. The maximum atomic E-state index is 13.9. The van der Waals surface area contributed by atoms with Gasteiger partial charge >= 0.3 is 0 Å². The molecule has 2 aromatic rings. The van der Waals surface area contributed by atoms with Crippen LogP contribution in [0.5, 0.6) is 0 Å². The summed E-state index contributed by atoms with van der Waals surface area (Å²) in [6.45, 7) is 1.11. The molecule has 2 amide bonds. The molecule has 0 bridgehead atoms. The van der Waals surface area contributed by atoms with E-state index in [0.717, 1.165) is 18.9 Å². The second-order valence-corrected chi connectivity index (χ2v) is 6.27. The number of carbonyl (C=O) groups is 2. The summed E-state index contributed by atoms with van der Waals surface area (Å²) in [5, 5.41) is 4.85. The number of imidazole rings is 1. The average Bonchev–Trinajstić information content (AvgIpc) is 3.08. The molecule has 1 aliphatic heterocycles. The first-order valence-corrected chi connectivity index (χ1v) is 8.75. The number of hydrogen-bond acceptors (Lipinski definition) is 4. The van der Waals surface area contributed by atoms with Crippen LogP contribution in [-0.4, -0.2) is 41.6 Å². The van der Waals surface area contributed by atoms with Gasteiger partial charge in [0.05, 0.1) is 18.0 Å². The first-order valence-electron chi connectivity index (χ1n) is 8.75. The fraction of sp³-hybridized carbons (Fsp3) is 0.389. The molecular formula is C18H19F3N4O3. The number of rotatable bonds is 6. The molecule has 0 aliphatic carbocycles. The molecule has 150 valence electrons. The molecule has 28 heavy (non-hydrogen) atoms. The van der Waals surface area contributed by atoms with Gasteiger partial charge in [0.25, 0.3) is 11.8 Å². The second-order valence-electron chi connectivity index (χ2n) is 6.27. The number of benzene rings is 1. The Morgan fingerprint density at radius 1 is 1.18 bits per heavy atom. The highest BCUT2D eigenvalue weighted by Crippen LogP contribution is 2.24. The highest BCUT2D eigenvalue weighted by molar-refractivity contribution is 6.05. The van der Waals surface area contributed by atoms with Gasteiger partial charge in [0.15, 0.2) is 29.0 Å². The predicted molar refractivity (Wildman–Crippen MR) is 93.6 cm³/mol. The van der Waals surface area contributed by atoms with Crippen LogP contribution in [0.15, 0.2) is 12.1 Å². The first-order chi connectivity index (χ1) is 13.4. The van der Waals surface area contributed by atoms with Gasteiger partial charge in [-0.2, -0.15) is 0 Å². The van der Waals surface area contributed by atoms with E-state index in [1.807, 2.05) is 0 Å². The fourth-order valence-corrected chi connectivity index (χ4v) is 3.05. The summed E-state index contributed by atoms with van der Waals surface area (Å²) in [7, 11) is 1.50. The lowest BCUT2D eigenvalue weighted by Gasteiger charge is -2.17. The van der Waals surface area contributed by atoms with Crippen molar-refractivity contribution in [3.63, 3.8) is 0 Å². The molecule has 2 heterocycles. The summed E-state index contributed by atoms with van der Waals surface area (Å²) in [5.74, 6) is -5.72. The Bertz CT molecular complexity index is 914. The molecule has 0 atom stereocenters. The van der Waals surface area contributed by atoms with Gasteiger partial charge in [-0.25, -0.2) is 18.2 Å². The van der Waals surface area contributed by atoms with Crippen molar-refractivity contribution in [2.24, 2.45) is 0 Å². The number of nitrogens with zero attached hydrogens (tertiary/aromatic N) is 2. The molecule has 0 radical (unpaired) electrons.